The van der Waals surface area contributed by atoms with Crippen molar-refractivity contribution >= 4 is 12.6 Å². The molecule has 3 heteroatoms. The van der Waals surface area contributed by atoms with E-state index in [1.54, 1.807) is 0 Å². The first-order chi connectivity index (χ1) is 6.14. The van der Waals surface area contributed by atoms with Crippen LogP contribution in [-0.4, -0.2) is 42.5 Å². The fourth-order valence-electron chi connectivity index (χ4n) is 1.78. The minimum absolute atomic E-state index is 0.0348. The Morgan fingerprint density at radius 1 is 1.46 bits per heavy atom. The van der Waals surface area contributed by atoms with Gasteiger partial charge in [0.15, 0.2) is 0 Å². The zero-order valence-corrected chi connectivity index (χ0v) is 9.65. The van der Waals surface area contributed by atoms with E-state index in [0.29, 0.717) is 0 Å². The van der Waals surface area contributed by atoms with Gasteiger partial charge in [-0.1, -0.05) is 0 Å². The Kier molecular flexibility index (Phi) is 4.56. The maximum absolute atomic E-state index is 5.74. The van der Waals surface area contributed by atoms with E-state index in [1.165, 1.54) is 13.0 Å². The van der Waals surface area contributed by atoms with Gasteiger partial charge in [-0.2, -0.15) is 12.6 Å². The number of rotatable bonds is 3. The van der Waals surface area contributed by atoms with Crippen molar-refractivity contribution in [2.24, 2.45) is 0 Å². The minimum atomic E-state index is 0.0348. The summed E-state index contributed by atoms with van der Waals surface area (Å²) < 4.78 is 5.74. The number of hydrogen-bond acceptors (Lipinski definition) is 3. The van der Waals surface area contributed by atoms with Gasteiger partial charge >= 0.3 is 0 Å². The van der Waals surface area contributed by atoms with Gasteiger partial charge in [0.2, 0.25) is 0 Å². The van der Waals surface area contributed by atoms with Crippen LogP contribution < -0.4 is 0 Å². The summed E-state index contributed by atoms with van der Waals surface area (Å²) in [6.07, 6.45) is 2.34. The molecule has 0 aliphatic carbocycles. The minimum Gasteiger partial charge on any atom is -0.374 e. The van der Waals surface area contributed by atoms with Crippen molar-refractivity contribution in [2.75, 3.05) is 32.0 Å². The molecule has 0 aromatic carbocycles. The van der Waals surface area contributed by atoms with Gasteiger partial charge < -0.3 is 9.64 Å². The van der Waals surface area contributed by atoms with Crippen LogP contribution in [0.5, 0.6) is 0 Å². The van der Waals surface area contributed by atoms with Gasteiger partial charge in [0, 0.05) is 19.7 Å². The van der Waals surface area contributed by atoms with E-state index < -0.39 is 0 Å². The van der Waals surface area contributed by atoms with E-state index in [-0.39, 0.29) is 5.60 Å². The number of thiol groups is 1. The largest absolute Gasteiger partial charge is 0.374 e. The van der Waals surface area contributed by atoms with E-state index in [2.05, 4.69) is 31.4 Å². The number of ether oxygens (including phenoxy) is 1. The van der Waals surface area contributed by atoms with Crippen LogP contribution in [0.2, 0.25) is 0 Å². The predicted octanol–water partition coefficient (Wildman–Crippen LogP) is 1.81. The lowest BCUT2D eigenvalue weighted by Crippen LogP contribution is -2.38. The quantitative estimate of drug-likeness (QED) is 0.702. The Morgan fingerprint density at radius 3 is 2.92 bits per heavy atom. The van der Waals surface area contributed by atoms with Gasteiger partial charge in [0.05, 0.1) is 5.60 Å². The molecule has 0 aromatic rings. The molecule has 1 saturated heterocycles. The monoisotopic (exact) mass is 203 g/mol. The highest BCUT2D eigenvalue weighted by atomic mass is 32.1. The second kappa shape index (κ2) is 5.23. The summed E-state index contributed by atoms with van der Waals surface area (Å²) in [5.74, 6) is 0.984. The van der Waals surface area contributed by atoms with E-state index in [1.807, 2.05) is 0 Å². The van der Waals surface area contributed by atoms with Crippen molar-refractivity contribution in [3.05, 3.63) is 0 Å². The summed E-state index contributed by atoms with van der Waals surface area (Å²) in [4.78, 5) is 2.49. The molecule has 1 fully saturated rings. The van der Waals surface area contributed by atoms with Crippen LogP contribution in [0.1, 0.15) is 26.7 Å². The van der Waals surface area contributed by atoms with E-state index in [4.69, 9.17) is 4.74 Å². The number of nitrogens with zero attached hydrogens (tertiary/aromatic N) is 1. The maximum atomic E-state index is 5.74. The Bertz CT molecular complexity index is 150. The molecule has 0 atom stereocenters. The first-order valence-corrected chi connectivity index (χ1v) is 5.74. The molecule has 0 N–H and O–H groups in total. The van der Waals surface area contributed by atoms with Crippen LogP contribution in [0.4, 0.5) is 0 Å². The van der Waals surface area contributed by atoms with E-state index in [9.17, 15) is 0 Å². The fraction of sp³-hybridized carbons (Fsp3) is 1.00. The van der Waals surface area contributed by atoms with E-state index in [0.717, 1.165) is 31.9 Å². The second-order valence-electron chi connectivity index (χ2n) is 4.32. The SMILES string of the molecule is CC1(C)CN(CCCS)CCCO1. The summed E-state index contributed by atoms with van der Waals surface area (Å²) in [6.45, 7) is 8.65. The zero-order valence-electron chi connectivity index (χ0n) is 8.75. The van der Waals surface area contributed by atoms with Crippen LogP contribution in [0.15, 0.2) is 0 Å². The molecule has 13 heavy (non-hydrogen) atoms. The molecule has 1 aliphatic rings. The molecule has 1 heterocycles. The lowest BCUT2D eigenvalue weighted by atomic mass is 10.1. The third kappa shape index (κ3) is 4.34. The summed E-state index contributed by atoms with van der Waals surface area (Å²) in [5.41, 5.74) is 0.0348. The normalized spacial score (nSPS) is 24.2. The van der Waals surface area contributed by atoms with Gasteiger partial charge in [0.25, 0.3) is 0 Å². The maximum Gasteiger partial charge on any atom is 0.0752 e. The van der Waals surface area contributed by atoms with Gasteiger partial charge in [-0.3, -0.25) is 0 Å². The Labute approximate surface area is 87.0 Å². The molecule has 0 bridgehead atoms. The zero-order chi connectivity index (χ0) is 9.73. The van der Waals surface area contributed by atoms with Gasteiger partial charge in [-0.15, -0.1) is 0 Å². The average Bonchev–Trinajstić information content (AvgIpc) is 2.22. The average molecular weight is 203 g/mol. The molecule has 78 valence electrons. The topological polar surface area (TPSA) is 12.5 Å². The summed E-state index contributed by atoms with van der Waals surface area (Å²) in [7, 11) is 0. The molecule has 0 amide bonds. The molecule has 0 spiro atoms. The standard InChI is InChI=1S/C10H21NOS/c1-10(2)9-11(6-4-8-13)5-3-7-12-10/h13H,3-9H2,1-2H3. The smallest absolute Gasteiger partial charge is 0.0752 e. The van der Waals surface area contributed by atoms with Crippen molar-refractivity contribution in [1.82, 2.24) is 4.90 Å². The van der Waals surface area contributed by atoms with Crippen LogP contribution in [0, 0.1) is 0 Å². The van der Waals surface area contributed by atoms with Crippen molar-refractivity contribution in [3.8, 4) is 0 Å². The molecular formula is C10H21NOS. The molecule has 0 aromatic heterocycles. The molecule has 0 saturated carbocycles. The lowest BCUT2D eigenvalue weighted by Gasteiger charge is -2.28. The molecule has 0 unspecified atom stereocenters. The van der Waals surface area contributed by atoms with Crippen molar-refractivity contribution in [1.29, 1.82) is 0 Å². The Hall–Kier alpha value is 0.270. The second-order valence-corrected chi connectivity index (χ2v) is 4.76. The molecule has 1 rings (SSSR count). The molecule has 2 nitrogen and oxygen atoms in total. The predicted molar refractivity (Wildman–Crippen MR) is 59.6 cm³/mol. The summed E-state index contributed by atoms with van der Waals surface area (Å²) in [6, 6.07) is 0. The van der Waals surface area contributed by atoms with Gasteiger partial charge in [-0.05, 0) is 39.0 Å². The highest BCUT2D eigenvalue weighted by Crippen LogP contribution is 2.16. The van der Waals surface area contributed by atoms with Crippen LogP contribution in [-0.2, 0) is 4.74 Å². The lowest BCUT2D eigenvalue weighted by molar-refractivity contribution is -0.0171. The third-order valence-corrected chi connectivity index (χ3v) is 2.66. The first kappa shape index (κ1) is 11.3. The highest BCUT2D eigenvalue weighted by molar-refractivity contribution is 7.80. The third-order valence-electron chi connectivity index (χ3n) is 2.35. The number of hydrogen-bond donors (Lipinski definition) is 1. The fourth-order valence-corrected chi connectivity index (χ4v) is 1.93. The molecule has 1 aliphatic heterocycles. The highest BCUT2D eigenvalue weighted by Gasteiger charge is 2.24. The van der Waals surface area contributed by atoms with Crippen molar-refractivity contribution < 1.29 is 4.74 Å². The summed E-state index contributed by atoms with van der Waals surface area (Å²) >= 11 is 4.23. The van der Waals surface area contributed by atoms with Gasteiger partial charge in [-0.25, -0.2) is 0 Å². The molecule has 0 radical (unpaired) electrons. The first-order valence-electron chi connectivity index (χ1n) is 5.11. The van der Waals surface area contributed by atoms with Crippen LogP contribution in [0.25, 0.3) is 0 Å². The van der Waals surface area contributed by atoms with Crippen molar-refractivity contribution in [2.45, 2.75) is 32.3 Å². The Balaban J connectivity index is 2.36. The van der Waals surface area contributed by atoms with Gasteiger partial charge in [0.1, 0.15) is 0 Å². The molecular weight excluding hydrogens is 182 g/mol. The summed E-state index contributed by atoms with van der Waals surface area (Å²) in [5, 5.41) is 0. The van der Waals surface area contributed by atoms with Crippen molar-refractivity contribution in [3.63, 3.8) is 0 Å². The van der Waals surface area contributed by atoms with E-state index >= 15 is 0 Å². The Morgan fingerprint density at radius 2 is 2.23 bits per heavy atom. The van der Waals surface area contributed by atoms with Crippen LogP contribution >= 0.6 is 12.6 Å². The van der Waals surface area contributed by atoms with Crippen LogP contribution in [0.3, 0.4) is 0 Å².